The molecule has 0 bridgehead atoms. The SMILES string of the molecule is CCCc1nc(N)c(C)c(NCCc2cccc(F)c2)n1. The summed E-state index contributed by atoms with van der Waals surface area (Å²) in [7, 11) is 0. The second-order valence-corrected chi connectivity index (χ2v) is 5.06. The van der Waals surface area contributed by atoms with Gasteiger partial charge < -0.3 is 11.1 Å². The van der Waals surface area contributed by atoms with Crippen molar-refractivity contribution in [2.75, 3.05) is 17.6 Å². The number of aryl methyl sites for hydroxylation is 1. The average Bonchev–Trinajstić information content (AvgIpc) is 2.44. The Morgan fingerprint density at radius 3 is 2.76 bits per heavy atom. The molecule has 1 aromatic heterocycles. The van der Waals surface area contributed by atoms with Crippen LogP contribution < -0.4 is 11.1 Å². The maximum absolute atomic E-state index is 13.1. The van der Waals surface area contributed by atoms with Crippen molar-refractivity contribution in [3.8, 4) is 0 Å². The van der Waals surface area contributed by atoms with Gasteiger partial charge in [-0.15, -0.1) is 0 Å². The standard InChI is InChI=1S/C16H21FN4/c1-3-5-14-20-15(18)11(2)16(21-14)19-9-8-12-6-4-7-13(17)10-12/h4,6-7,10H,3,5,8-9H2,1-2H3,(H3,18,19,20,21). The molecule has 0 saturated heterocycles. The first-order chi connectivity index (χ1) is 10.1. The van der Waals surface area contributed by atoms with Crippen LogP contribution in [0, 0.1) is 12.7 Å². The van der Waals surface area contributed by atoms with Crippen LogP contribution in [0.2, 0.25) is 0 Å². The molecule has 0 unspecified atom stereocenters. The Morgan fingerprint density at radius 2 is 2.05 bits per heavy atom. The van der Waals surface area contributed by atoms with Gasteiger partial charge in [0, 0.05) is 18.5 Å². The van der Waals surface area contributed by atoms with Crippen LogP contribution in [0.3, 0.4) is 0 Å². The van der Waals surface area contributed by atoms with Crippen molar-refractivity contribution in [1.29, 1.82) is 0 Å². The van der Waals surface area contributed by atoms with Crippen molar-refractivity contribution in [1.82, 2.24) is 9.97 Å². The molecule has 2 aromatic rings. The minimum absolute atomic E-state index is 0.208. The van der Waals surface area contributed by atoms with Crippen LogP contribution >= 0.6 is 0 Å². The lowest BCUT2D eigenvalue weighted by Gasteiger charge is -2.12. The molecule has 4 nitrogen and oxygen atoms in total. The number of halogens is 1. The molecule has 0 fully saturated rings. The zero-order chi connectivity index (χ0) is 15.2. The van der Waals surface area contributed by atoms with Gasteiger partial charge >= 0.3 is 0 Å². The summed E-state index contributed by atoms with van der Waals surface area (Å²) in [6.45, 7) is 4.65. The Hall–Kier alpha value is -2.17. The van der Waals surface area contributed by atoms with E-state index in [0.29, 0.717) is 12.4 Å². The molecule has 1 aromatic carbocycles. The Morgan fingerprint density at radius 1 is 1.24 bits per heavy atom. The van der Waals surface area contributed by atoms with E-state index in [-0.39, 0.29) is 5.82 Å². The summed E-state index contributed by atoms with van der Waals surface area (Å²) in [5.41, 5.74) is 7.72. The van der Waals surface area contributed by atoms with Gasteiger partial charge in [-0.25, -0.2) is 14.4 Å². The summed E-state index contributed by atoms with van der Waals surface area (Å²) in [6, 6.07) is 6.63. The summed E-state index contributed by atoms with van der Waals surface area (Å²) in [5.74, 6) is 1.83. The van der Waals surface area contributed by atoms with Gasteiger partial charge in [-0.1, -0.05) is 19.1 Å². The molecule has 0 amide bonds. The first-order valence-electron chi connectivity index (χ1n) is 7.21. The van der Waals surface area contributed by atoms with Crippen LogP contribution in [0.4, 0.5) is 16.0 Å². The predicted octanol–water partition coefficient (Wildman–Crippen LogP) is 3.11. The maximum Gasteiger partial charge on any atom is 0.134 e. The number of nitrogens with one attached hydrogen (secondary N) is 1. The largest absolute Gasteiger partial charge is 0.383 e. The van der Waals surface area contributed by atoms with E-state index in [2.05, 4.69) is 22.2 Å². The van der Waals surface area contributed by atoms with Gasteiger partial charge in [0.1, 0.15) is 23.3 Å². The number of rotatable bonds is 6. The van der Waals surface area contributed by atoms with Crippen LogP contribution in [-0.4, -0.2) is 16.5 Å². The molecule has 5 heteroatoms. The molecule has 1 heterocycles. The smallest absolute Gasteiger partial charge is 0.134 e. The lowest BCUT2D eigenvalue weighted by Crippen LogP contribution is -2.12. The molecule has 0 aliphatic heterocycles. The Balaban J connectivity index is 2.02. The van der Waals surface area contributed by atoms with Crippen molar-refractivity contribution in [3.63, 3.8) is 0 Å². The maximum atomic E-state index is 13.1. The third kappa shape index (κ3) is 4.15. The molecule has 0 radical (unpaired) electrons. The van der Waals surface area contributed by atoms with Gasteiger partial charge in [0.25, 0.3) is 0 Å². The summed E-state index contributed by atoms with van der Waals surface area (Å²) >= 11 is 0. The number of benzene rings is 1. The normalized spacial score (nSPS) is 10.6. The van der Waals surface area contributed by atoms with Gasteiger partial charge in [-0.05, 0) is 37.5 Å². The second kappa shape index (κ2) is 7.02. The Bertz CT molecular complexity index is 613. The highest BCUT2D eigenvalue weighted by Crippen LogP contribution is 2.18. The minimum atomic E-state index is -0.208. The number of hydrogen-bond acceptors (Lipinski definition) is 4. The van der Waals surface area contributed by atoms with Crippen LogP contribution in [0.5, 0.6) is 0 Å². The molecule has 0 aliphatic carbocycles. The molecule has 3 N–H and O–H groups in total. The summed E-state index contributed by atoms with van der Waals surface area (Å²) in [5, 5.41) is 3.27. The number of hydrogen-bond donors (Lipinski definition) is 2. The molecule has 0 aliphatic rings. The lowest BCUT2D eigenvalue weighted by atomic mass is 10.1. The van der Waals surface area contributed by atoms with Gasteiger partial charge in [0.15, 0.2) is 0 Å². The van der Waals surface area contributed by atoms with E-state index < -0.39 is 0 Å². The molecule has 2 rings (SSSR count). The van der Waals surface area contributed by atoms with Crippen LogP contribution in [0.15, 0.2) is 24.3 Å². The minimum Gasteiger partial charge on any atom is -0.383 e. The predicted molar refractivity (Wildman–Crippen MR) is 83.8 cm³/mol. The highest BCUT2D eigenvalue weighted by Gasteiger charge is 2.08. The van der Waals surface area contributed by atoms with E-state index >= 15 is 0 Å². The van der Waals surface area contributed by atoms with Crippen LogP contribution in [-0.2, 0) is 12.8 Å². The molecule has 21 heavy (non-hydrogen) atoms. The first kappa shape index (κ1) is 15.2. The zero-order valence-corrected chi connectivity index (χ0v) is 12.5. The van der Waals surface area contributed by atoms with Crippen molar-refractivity contribution in [2.24, 2.45) is 0 Å². The molecule has 0 atom stereocenters. The van der Waals surface area contributed by atoms with E-state index in [1.165, 1.54) is 6.07 Å². The highest BCUT2D eigenvalue weighted by atomic mass is 19.1. The van der Waals surface area contributed by atoms with E-state index in [4.69, 9.17) is 5.73 Å². The molecule has 0 spiro atoms. The zero-order valence-electron chi connectivity index (χ0n) is 12.5. The molecule has 0 saturated carbocycles. The second-order valence-electron chi connectivity index (χ2n) is 5.06. The summed E-state index contributed by atoms with van der Waals surface area (Å²) < 4.78 is 13.1. The van der Waals surface area contributed by atoms with Crippen molar-refractivity contribution < 1.29 is 4.39 Å². The average molecular weight is 288 g/mol. The summed E-state index contributed by atoms with van der Waals surface area (Å²) in [4.78, 5) is 8.77. The lowest BCUT2D eigenvalue weighted by molar-refractivity contribution is 0.625. The molecular formula is C16H21FN4. The molecular weight excluding hydrogens is 267 g/mol. The topological polar surface area (TPSA) is 63.8 Å². The van der Waals surface area contributed by atoms with Crippen molar-refractivity contribution in [3.05, 3.63) is 47.0 Å². The molecule has 112 valence electrons. The summed E-state index contributed by atoms with van der Waals surface area (Å²) in [6.07, 6.45) is 2.51. The Labute approximate surface area is 124 Å². The highest BCUT2D eigenvalue weighted by molar-refractivity contribution is 5.54. The van der Waals surface area contributed by atoms with E-state index in [1.807, 2.05) is 13.0 Å². The first-order valence-corrected chi connectivity index (χ1v) is 7.21. The Kier molecular flexibility index (Phi) is 5.09. The van der Waals surface area contributed by atoms with Gasteiger partial charge in [-0.2, -0.15) is 0 Å². The van der Waals surface area contributed by atoms with Gasteiger partial charge in [0.05, 0.1) is 0 Å². The fourth-order valence-electron chi connectivity index (χ4n) is 2.11. The van der Waals surface area contributed by atoms with E-state index in [0.717, 1.165) is 42.0 Å². The van der Waals surface area contributed by atoms with E-state index in [1.54, 1.807) is 12.1 Å². The van der Waals surface area contributed by atoms with Gasteiger partial charge in [-0.3, -0.25) is 0 Å². The number of aromatic nitrogens is 2. The number of nitrogens with two attached hydrogens (primary N) is 1. The van der Waals surface area contributed by atoms with E-state index in [9.17, 15) is 4.39 Å². The van der Waals surface area contributed by atoms with Crippen LogP contribution in [0.25, 0.3) is 0 Å². The van der Waals surface area contributed by atoms with Crippen molar-refractivity contribution >= 4 is 11.6 Å². The number of anilines is 2. The third-order valence-electron chi connectivity index (χ3n) is 3.30. The number of nitrogen functional groups attached to an aromatic ring is 1. The fourth-order valence-corrected chi connectivity index (χ4v) is 2.11. The van der Waals surface area contributed by atoms with Crippen LogP contribution in [0.1, 0.15) is 30.3 Å². The fraction of sp³-hybridized carbons (Fsp3) is 0.375. The third-order valence-corrected chi connectivity index (χ3v) is 3.30. The van der Waals surface area contributed by atoms with Gasteiger partial charge in [0.2, 0.25) is 0 Å². The van der Waals surface area contributed by atoms with Crippen molar-refractivity contribution in [2.45, 2.75) is 33.1 Å². The quantitative estimate of drug-likeness (QED) is 0.857. The number of nitrogens with zero attached hydrogens (tertiary/aromatic N) is 2. The monoisotopic (exact) mass is 288 g/mol.